The quantitative estimate of drug-likeness (QED) is 0.859. The second kappa shape index (κ2) is 5.50. The summed E-state index contributed by atoms with van der Waals surface area (Å²) in [5.41, 5.74) is 1.17. The highest BCUT2D eigenvalue weighted by atomic mass is 16.5. The number of nitrogens with one attached hydrogen (secondary N) is 1. The zero-order valence-electron chi connectivity index (χ0n) is 10.1. The molecule has 0 bridgehead atoms. The van der Waals surface area contributed by atoms with Gasteiger partial charge in [-0.15, -0.1) is 0 Å². The van der Waals surface area contributed by atoms with Gasteiger partial charge in [0.25, 0.3) is 0 Å². The third-order valence-electron chi connectivity index (χ3n) is 2.41. The van der Waals surface area contributed by atoms with Crippen molar-refractivity contribution in [1.82, 2.24) is 10.3 Å². The van der Waals surface area contributed by atoms with Gasteiger partial charge in [-0.3, -0.25) is 0 Å². The van der Waals surface area contributed by atoms with Crippen molar-refractivity contribution in [2.45, 2.75) is 20.0 Å². The van der Waals surface area contributed by atoms with E-state index >= 15 is 0 Å². The predicted octanol–water partition coefficient (Wildman–Crippen LogP) is 2.28. The molecule has 0 fully saturated rings. The van der Waals surface area contributed by atoms with Crippen LogP contribution in [0, 0.1) is 6.92 Å². The summed E-state index contributed by atoms with van der Waals surface area (Å²) in [7, 11) is 1.67. The first-order valence-electron chi connectivity index (χ1n) is 5.53. The zero-order valence-corrected chi connectivity index (χ0v) is 10.1. The third-order valence-corrected chi connectivity index (χ3v) is 2.41. The Morgan fingerprint density at radius 1 is 1.35 bits per heavy atom. The molecule has 0 aliphatic heterocycles. The van der Waals surface area contributed by atoms with Gasteiger partial charge in [-0.05, 0) is 24.6 Å². The van der Waals surface area contributed by atoms with Gasteiger partial charge in [-0.2, -0.15) is 0 Å². The molecule has 0 atom stereocenters. The molecule has 90 valence electrons. The molecule has 0 aliphatic carbocycles. The Morgan fingerprint density at radius 3 is 2.94 bits per heavy atom. The fraction of sp³-hybridized carbons (Fsp3) is 0.308. The fourth-order valence-corrected chi connectivity index (χ4v) is 1.58. The molecule has 2 aromatic rings. The van der Waals surface area contributed by atoms with Crippen molar-refractivity contribution in [3.8, 4) is 5.75 Å². The summed E-state index contributed by atoms with van der Waals surface area (Å²) in [5.74, 6) is 2.42. The number of hydrogen-bond acceptors (Lipinski definition) is 4. The number of ether oxygens (including phenoxy) is 1. The summed E-state index contributed by atoms with van der Waals surface area (Å²) in [5, 5.41) is 3.27. The minimum Gasteiger partial charge on any atom is -0.497 e. The largest absolute Gasteiger partial charge is 0.497 e. The van der Waals surface area contributed by atoms with E-state index in [1.54, 1.807) is 13.3 Å². The SMILES string of the molecule is COc1cccc(CNCc2ncc(C)o2)c1. The van der Waals surface area contributed by atoms with Crippen molar-refractivity contribution in [2.75, 3.05) is 7.11 Å². The maximum absolute atomic E-state index is 5.37. The molecule has 0 unspecified atom stereocenters. The first-order valence-corrected chi connectivity index (χ1v) is 5.53. The fourth-order valence-electron chi connectivity index (χ4n) is 1.58. The molecule has 0 spiro atoms. The summed E-state index contributed by atoms with van der Waals surface area (Å²) in [6.07, 6.45) is 1.72. The highest BCUT2D eigenvalue weighted by Gasteiger charge is 2.00. The molecule has 0 saturated heterocycles. The summed E-state index contributed by atoms with van der Waals surface area (Å²) in [4.78, 5) is 4.13. The van der Waals surface area contributed by atoms with Gasteiger partial charge in [-0.1, -0.05) is 12.1 Å². The van der Waals surface area contributed by atoms with Gasteiger partial charge in [0.2, 0.25) is 5.89 Å². The van der Waals surface area contributed by atoms with E-state index in [0.29, 0.717) is 12.4 Å². The second-order valence-electron chi connectivity index (χ2n) is 3.82. The monoisotopic (exact) mass is 232 g/mol. The third kappa shape index (κ3) is 3.32. The van der Waals surface area contributed by atoms with Crippen LogP contribution in [0.4, 0.5) is 0 Å². The molecule has 4 heteroatoms. The van der Waals surface area contributed by atoms with E-state index in [-0.39, 0.29) is 0 Å². The lowest BCUT2D eigenvalue weighted by molar-refractivity contribution is 0.413. The van der Waals surface area contributed by atoms with Crippen LogP contribution in [0.5, 0.6) is 5.75 Å². The van der Waals surface area contributed by atoms with Crippen LogP contribution in [-0.4, -0.2) is 12.1 Å². The molecule has 1 aromatic heterocycles. The summed E-state index contributed by atoms with van der Waals surface area (Å²) in [6, 6.07) is 7.97. The van der Waals surface area contributed by atoms with Crippen molar-refractivity contribution in [1.29, 1.82) is 0 Å². The van der Waals surface area contributed by atoms with Gasteiger partial charge < -0.3 is 14.5 Å². The van der Waals surface area contributed by atoms with E-state index in [2.05, 4.69) is 16.4 Å². The second-order valence-corrected chi connectivity index (χ2v) is 3.82. The van der Waals surface area contributed by atoms with E-state index < -0.39 is 0 Å². The molecule has 17 heavy (non-hydrogen) atoms. The average Bonchev–Trinajstić information content (AvgIpc) is 2.75. The Bertz CT molecular complexity index is 480. The van der Waals surface area contributed by atoms with Crippen molar-refractivity contribution < 1.29 is 9.15 Å². The van der Waals surface area contributed by atoms with Gasteiger partial charge >= 0.3 is 0 Å². The molecular weight excluding hydrogens is 216 g/mol. The number of nitrogens with zero attached hydrogens (tertiary/aromatic N) is 1. The number of oxazole rings is 1. The first kappa shape index (κ1) is 11.7. The van der Waals surface area contributed by atoms with Crippen molar-refractivity contribution in [3.63, 3.8) is 0 Å². The predicted molar refractivity (Wildman–Crippen MR) is 64.8 cm³/mol. The van der Waals surface area contributed by atoms with Gasteiger partial charge in [0, 0.05) is 6.54 Å². The lowest BCUT2D eigenvalue weighted by Crippen LogP contribution is -2.12. The van der Waals surface area contributed by atoms with E-state index in [1.807, 2.05) is 25.1 Å². The molecule has 1 aromatic carbocycles. The summed E-state index contributed by atoms with van der Waals surface area (Å²) in [6.45, 7) is 3.28. The Kier molecular flexibility index (Phi) is 3.77. The van der Waals surface area contributed by atoms with Crippen LogP contribution in [0.3, 0.4) is 0 Å². The van der Waals surface area contributed by atoms with Crippen LogP contribution in [0.15, 0.2) is 34.9 Å². The molecule has 1 heterocycles. The van der Waals surface area contributed by atoms with Crippen LogP contribution in [0.2, 0.25) is 0 Å². The van der Waals surface area contributed by atoms with Crippen LogP contribution >= 0.6 is 0 Å². The minimum atomic E-state index is 0.630. The number of rotatable bonds is 5. The van der Waals surface area contributed by atoms with Crippen molar-refractivity contribution in [3.05, 3.63) is 47.7 Å². The standard InChI is InChI=1S/C13H16N2O2/c1-10-7-15-13(17-10)9-14-8-11-4-3-5-12(6-11)16-2/h3-7,14H,8-9H2,1-2H3. The van der Waals surface area contributed by atoms with Crippen LogP contribution in [0.1, 0.15) is 17.2 Å². The van der Waals surface area contributed by atoms with Crippen molar-refractivity contribution >= 4 is 0 Å². The van der Waals surface area contributed by atoms with Crippen LogP contribution in [0.25, 0.3) is 0 Å². The number of benzene rings is 1. The lowest BCUT2D eigenvalue weighted by Gasteiger charge is -2.05. The van der Waals surface area contributed by atoms with Gasteiger partial charge in [0.05, 0.1) is 19.9 Å². The molecule has 2 rings (SSSR count). The minimum absolute atomic E-state index is 0.630. The summed E-state index contributed by atoms with van der Waals surface area (Å²) >= 11 is 0. The number of aryl methyl sites for hydroxylation is 1. The normalized spacial score (nSPS) is 10.5. The topological polar surface area (TPSA) is 47.3 Å². The van der Waals surface area contributed by atoms with E-state index in [1.165, 1.54) is 5.56 Å². The molecular formula is C13H16N2O2. The molecule has 0 radical (unpaired) electrons. The highest BCUT2D eigenvalue weighted by Crippen LogP contribution is 2.12. The van der Waals surface area contributed by atoms with E-state index in [4.69, 9.17) is 9.15 Å². The maximum Gasteiger partial charge on any atom is 0.208 e. The van der Waals surface area contributed by atoms with Gasteiger partial charge in [0.1, 0.15) is 11.5 Å². The average molecular weight is 232 g/mol. The molecule has 1 N–H and O–H groups in total. The smallest absolute Gasteiger partial charge is 0.208 e. The lowest BCUT2D eigenvalue weighted by atomic mass is 10.2. The molecule has 4 nitrogen and oxygen atoms in total. The Hall–Kier alpha value is -1.81. The number of aromatic nitrogens is 1. The van der Waals surface area contributed by atoms with Gasteiger partial charge in [0.15, 0.2) is 0 Å². The Morgan fingerprint density at radius 2 is 2.24 bits per heavy atom. The summed E-state index contributed by atoms with van der Waals surface area (Å²) < 4.78 is 10.5. The number of hydrogen-bond donors (Lipinski definition) is 1. The van der Waals surface area contributed by atoms with Crippen LogP contribution < -0.4 is 10.1 Å². The van der Waals surface area contributed by atoms with Gasteiger partial charge in [-0.25, -0.2) is 4.98 Å². The van der Waals surface area contributed by atoms with Crippen molar-refractivity contribution in [2.24, 2.45) is 0 Å². The number of methoxy groups -OCH3 is 1. The molecule has 0 saturated carbocycles. The molecule has 0 amide bonds. The zero-order chi connectivity index (χ0) is 12.1. The van der Waals surface area contributed by atoms with E-state index in [0.717, 1.165) is 18.1 Å². The first-order chi connectivity index (χ1) is 8.28. The maximum atomic E-state index is 5.37. The Balaban J connectivity index is 1.85. The highest BCUT2D eigenvalue weighted by molar-refractivity contribution is 5.28. The molecule has 0 aliphatic rings. The Labute approximate surface area is 101 Å². The van der Waals surface area contributed by atoms with E-state index in [9.17, 15) is 0 Å². The van der Waals surface area contributed by atoms with Crippen LogP contribution in [-0.2, 0) is 13.1 Å².